The summed E-state index contributed by atoms with van der Waals surface area (Å²) in [6.45, 7) is 0.806. The lowest BCUT2D eigenvalue weighted by atomic mass is 10.1. The summed E-state index contributed by atoms with van der Waals surface area (Å²) in [6.07, 6.45) is 6.78. The van der Waals surface area contributed by atoms with Crippen LogP contribution in [0.2, 0.25) is 0 Å². The van der Waals surface area contributed by atoms with Crippen LogP contribution < -0.4 is 10.6 Å². The Labute approximate surface area is 162 Å². The van der Waals surface area contributed by atoms with Crippen LogP contribution in [0.1, 0.15) is 31.8 Å². The fraction of sp³-hybridized carbons (Fsp3) is 0.100. The molecule has 6 N–H and O–H groups in total. The standard InChI is InChI=1S/C20H18N4O2.2H2O/c25-19(23-13-15-3-1-9-21-11-15)17-5-7-18(8-6-17)20(26)24-14-16-4-2-10-22-12-16;;/h1-12H,13-14H2,(H,23,25)(H,24,26);2*1H2. The van der Waals surface area contributed by atoms with Crippen molar-refractivity contribution in [2.45, 2.75) is 13.1 Å². The van der Waals surface area contributed by atoms with Gasteiger partial charge in [-0.05, 0) is 47.5 Å². The topological polar surface area (TPSA) is 147 Å². The predicted octanol–water partition coefficient (Wildman–Crippen LogP) is 0.687. The Hall–Kier alpha value is -3.62. The van der Waals surface area contributed by atoms with Gasteiger partial charge in [-0.1, -0.05) is 12.1 Å². The zero-order valence-corrected chi connectivity index (χ0v) is 15.1. The molecule has 1 aromatic carbocycles. The fourth-order valence-corrected chi connectivity index (χ4v) is 2.35. The summed E-state index contributed by atoms with van der Waals surface area (Å²) in [4.78, 5) is 32.4. The minimum atomic E-state index is -0.198. The number of carbonyl (C=O) groups excluding carboxylic acids is 2. The molecule has 0 radical (unpaired) electrons. The van der Waals surface area contributed by atoms with Crippen molar-refractivity contribution in [2.24, 2.45) is 0 Å². The highest BCUT2D eigenvalue weighted by Crippen LogP contribution is 2.06. The van der Waals surface area contributed by atoms with Crippen molar-refractivity contribution in [3.05, 3.63) is 95.6 Å². The molecule has 2 amide bonds. The lowest BCUT2D eigenvalue weighted by molar-refractivity contribution is 0.0939. The highest BCUT2D eigenvalue weighted by molar-refractivity contribution is 5.97. The van der Waals surface area contributed by atoms with Crippen molar-refractivity contribution >= 4 is 11.8 Å². The number of hydrogen-bond donors (Lipinski definition) is 2. The number of benzene rings is 1. The molecular formula is C20H22N4O4. The zero-order chi connectivity index (χ0) is 18.2. The van der Waals surface area contributed by atoms with Crippen molar-refractivity contribution in [3.8, 4) is 0 Å². The molecule has 0 aliphatic rings. The molecule has 0 saturated carbocycles. The van der Waals surface area contributed by atoms with E-state index in [-0.39, 0.29) is 22.8 Å². The number of carbonyl (C=O) groups is 2. The van der Waals surface area contributed by atoms with Gasteiger partial charge in [0.05, 0.1) is 0 Å². The average molecular weight is 382 g/mol. The number of nitrogens with one attached hydrogen (secondary N) is 2. The number of aromatic nitrogens is 2. The van der Waals surface area contributed by atoms with E-state index in [4.69, 9.17) is 0 Å². The van der Waals surface area contributed by atoms with Crippen LogP contribution in [0.15, 0.2) is 73.3 Å². The van der Waals surface area contributed by atoms with Crippen molar-refractivity contribution in [2.75, 3.05) is 0 Å². The van der Waals surface area contributed by atoms with Crippen LogP contribution in [-0.2, 0) is 13.1 Å². The van der Waals surface area contributed by atoms with Crippen molar-refractivity contribution in [1.82, 2.24) is 20.6 Å². The Kier molecular flexibility index (Phi) is 8.94. The van der Waals surface area contributed by atoms with Crippen molar-refractivity contribution < 1.29 is 20.5 Å². The van der Waals surface area contributed by atoms with E-state index in [0.29, 0.717) is 24.2 Å². The minimum absolute atomic E-state index is 0. The highest BCUT2D eigenvalue weighted by atomic mass is 16.2. The van der Waals surface area contributed by atoms with E-state index in [1.54, 1.807) is 49.1 Å². The third-order valence-corrected chi connectivity index (χ3v) is 3.76. The van der Waals surface area contributed by atoms with Crippen LogP contribution in [0.4, 0.5) is 0 Å². The van der Waals surface area contributed by atoms with Gasteiger partial charge < -0.3 is 21.6 Å². The van der Waals surface area contributed by atoms with Gasteiger partial charge in [0.2, 0.25) is 0 Å². The predicted molar refractivity (Wildman–Crippen MR) is 104 cm³/mol. The van der Waals surface area contributed by atoms with Gasteiger partial charge in [0.25, 0.3) is 11.8 Å². The first-order valence-corrected chi connectivity index (χ1v) is 8.16. The molecule has 0 saturated heterocycles. The summed E-state index contributed by atoms with van der Waals surface area (Å²) < 4.78 is 0. The Balaban J connectivity index is 0.00000196. The third kappa shape index (κ3) is 6.27. The van der Waals surface area contributed by atoms with Crippen LogP contribution in [0, 0.1) is 0 Å². The molecule has 3 aromatic rings. The second-order valence-corrected chi connectivity index (χ2v) is 5.67. The molecule has 28 heavy (non-hydrogen) atoms. The van der Waals surface area contributed by atoms with Crippen molar-refractivity contribution in [1.29, 1.82) is 0 Å². The monoisotopic (exact) mass is 382 g/mol. The Bertz CT molecular complexity index is 797. The maximum atomic E-state index is 12.2. The second-order valence-electron chi connectivity index (χ2n) is 5.67. The highest BCUT2D eigenvalue weighted by Gasteiger charge is 2.09. The first-order chi connectivity index (χ1) is 12.7. The molecule has 0 spiro atoms. The zero-order valence-electron chi connectivity index (χ0n) is 15.1. The maximum Gasteiger partial charge on any atom is 0.251 e. The molecular weight excluding hydrogens is 360 g/mol. The quantitative estimate of drug-likeness (QED) is 0.645. The summed E-state index contributed by atoms with van der Waals surface area (Å²) in [7, 11) is 0. The van der Waals surface area contributed by atoms with Gasteiger partial charge in [-0.2, -0.15) is 0 Å². The molecule has 2 aromatic heterocycles. The van der Waals surface area contributed by atoms with Crippen LogP contribution in [0.3, 0.4) is 0 Å². The number of pyridine rings is 2. The molecule has 8 nitrogen and oxygen atoms in total. The van der Waals surface area contributed by atoms with Crippen molar-refractivity contribution in [3.63, 3.8) is 0 Å². The lowest BCUT2D eigenvalue weighted by Crippen LogP contribution is -2.24. The molecule has 0 unspecified atom stereocenters. The van der Waals surface area contributed by atoms with E-state index in [0.717, 1.165) is 11.1 Å². The molecule has 0 bridgehead atoms. The Morgan fingerprint density at radius 3 is 1.39 bits per heavy atom. The molecule has 3 rings (SSSR count). The van der Waals surface area contributed by atoms with Crippen LogP contribution in [0.5, 0.6) is 0 Å². The number of rotatable bonds is 6. The van der Waals surface area contributed by atoms with E-state index in [2.05, 4.69) is 20.6 Å². The SMILES string of the molecule is O.O.O=C(NCc1cccnc1)c1ccc(C(=O)NCc2cccnc2)cc1. The van der Waals surface area contributed by atoms with Crippen LogP contribution in [-0.4, -0.2) is 32.7 Å². The first kappa shape index (κ1) is 22.4. The average Bonchev–Trinajstić information content (AvgIpc) is 2.72. The van der Waals surface area contributed by atoms with E-state index in [1.807, 2.05) is 24.3 Å². The molecule has 0 aliphatic carbocycles. The van der Waals surface area contributed by atoms with Gasteiger partial charge in [0, 0.05) is 49.0 Å². The van der Waals surface area contributed by atoms with E-state index < -0.39 is 0 Å². The largest absolute Gasteiger partial charge is 0.412 e. The van der Waals surface area contributed by atoms with Crippen LogP contribution in [0.25, 0.3) is 0 Å². The third-order valence-electron chi connectivity index (χ3n) is 3.76. The summed E-state index contributed by atoms with van der Waals surface area (Å²) in [6, 6.07) is 14.0. The van der Waals surface area contributed by atoms with E-state index in [1.165, 1.54) is 0 Å². The smallest absolute Gasteiger partial charge is 0.251 e. The molecule has 0 atom stereocenters. The molecule has 0 aliphatic heterocycles. The maximum absolute atomic E-state index is 12.2. The van der Waals surface area contributed by atoms with Crippen LogP contribution >= 0.6 is 0 Å². The summed E-state index contributed by atoms with van der Waals surface area (Å²) in [5.74, 6) is -0.396. The normalized spacial score (nSPS) is 9.43. The number of amides is 2. The van der Waals surface area contributed by atoms with Gasteiger partial charge in [-0.3, -0.25) is 19.6 Å². The van der Waals surface area contributed by atoms with Gasteiger partial charge in [-0.15, -0.1) is 0 Å². The molecule has 8 heteroatoms. The van der Waals surface area contributed by atoms with Gasteiger partial charge in [0.1, 0.15) is 0 Å². The molecule has 0 fully saturated rings. The molecule has 146 valence electrons. The lowest BCUT2D eigenvalue weighted by Gasteiger charge is -2.07. The Morgan fingerprint density at radius 1 is 0.679 bits per heavy atom. The van der Waals surface area contributed by atoms with E-state index >= 15 is 0 Å². The van der Waals surface area contributed by atoms with Gasteiger partial charge in [0.15, 0.2) is 0 Å². The summed E-state index contributed by atoms with van der Waals surface area (Å²) >= 11 is 0. The van der Waals surface area contributed by atoms with E-state index in [9.17, 15) is 9.59 Å². The fourth-order valence-electron chi connectivity index (χ4n) is 2.35. The van der Waals surface area contributed by atoms with Gasteiger partial charge in [-0.25, -0.2) is 0 Å². The number of nitrogens with zero attached hydrogens (tertiary/aromatic N) is 2. The summed E-state index contributed by atoms with van der Waals surface area (Å²) in [5, 5.41) is 5.65. The Morgan fingerprint density at radius 2 is 1.07 bits per heavy atom. The second kappa shape index (κ2) is 11.2. The van der Waals surface area contributed by atoms with Gasteiger partial charge >= 0.3 is 0 Å². The minimum Gasteiger partial charge on any atom is -0.412 e. The first-order valence-electron chi connectivity index (χ1n) is 8.16. The molecule has 2 heterocycles. The number of hydrogen-bond acceptors (Lipinski definition) is 4. The summed E-state index contributed by atoms with van der Waals surface area (Å²) in [5.41, 5.74) is 2.84.